The van der Waals surface area contributed by atoms with Crippen LogP contribution in [-0.2, 0) is 0 Å². The molecule has 11 heteroatoms. The van der Waals surface area contributed by atoms with Crippen molar-refractivity contribution >= 4 is 33.1 Å². The largest absolute Gasteiger partial charge is 1.00 e. The number of amides is 1. The van der Waals surface area contributed by atoms with Crippen LogP contribution in [-0.4, -0.2) is 39.4 Å². The van der Waals surface area contributed by atoms with Crippen molar-refractivity contribution in [3.63, 3.8) is 0 Å². The number of fused-ring (bicyclic) bond motifs is 1. The zero-order valence-electron chi connectivity index (χ0n) is 15.1. The van der Waals surface area contributed by atoms with Crippen LogP contribution in [0.1, 0.15) is 15.2 Å². The molecule has 2 heterocycles. The summed E-state index contributed by atoms with van der Waals surface area (Å²) in [5.41, 5.74) is -1.57. The number of rotatable bonds is 3. The third-order valence-electron chi connectivity index (χ3n) is 3.91. The van der Waals surface area contributed by atoms with Gasteiger partial charge in [0.05, 0.1) is 15.2 Å². The Labute approximate surface area is 199 Å². The molecule has 0 aliphatic rings. The average Bonchev–Trinajstić information content (AvgIpc) is 2.90. The van der Waals surface area contributed by atoms with Crippen LogP contribution in [0.15, 0.2) is 33.9 Å². The van der Waals surface area contributed by atoms with Crippen molar-refractivity contribution in [2.45, 2.75) is 6.92 Å². The van der Waals surface area contributed by atoms with E-state index in [4.69, 9.17) is 0 Å². The number of benzene rings is 1. The molecule has 1 aromatic carbocycles. The van der Waals surface area contributed by atoms with Gasteiger partial charge in [-0.2, -0.15) is 0 Å². The van der Waals surface area contributed by atoms with Crippen molar-refractivity contribution in [1.82, 2.24) is 14.5 Å². The van der Waals surface area contributed by atoms with Gasteiger partial charge in [0, 0.05) is 20.2 Å². The van der Waals surface area contributed by atoms with Gasteiger partial charge in [0.2, 0.25) is 0 Å². The zero-order chi connectivity index (χ0) is 19.2. The van der Waals surface area contributed by atoms with Crippen LogP contribution in [0.2, 0.25) is 0 Å². The van der Waals surface area contributed by atoms with Crippen molar-refractivity contribution in [3.05, 3.63) is 65.7 Å². The van der Waals surface area contributed by atoms with E-state index in [1.54, 1.807) is 21.0 Å². The van der Waals surface area contributed by atoms with E-state index in [1.807, 2.05) is 0 Å². The molecular weight excluding hydrogens is 399 g/mol. The van der Waals surface area contributed by atoms with Gasteiger partial charge in [-0.3, -0.25) is 24.7 Å². The molecule has 1 N–H and O–H groups in total. The molecule has 0 spiro atoms. The summed E-state index contributed by atoms with van der Waals surface area (Å²) in [6.07, 6.45) is 0. The predicted octanol–water partition coefficient (Wildman–Crippen LogP) is -1.34. The molecule has 0 fully saturated rings. The predicted molar refractivity (Wildman–Crippen MR) is 97.5 cm³/mol. The molecule has 27 heavy (non-hydrogen) atoms. The monoisotopic (exact) mass is 413 g/mol. The third-order valence-corrected chi connectivity index (χ3v) is 5.10. The molecular formula is C16H14KN4O5S+. The first-order chi connectivity index (χ1) is 12.2. The Balaban J connectivity index is 0.00000261. The Bertz CT molecular complexity index is 1180. The number of para-hydroxylation sites is 2. The van der Waals surface area contributed by atoms with Crippen LogP contribution < -0.4 is 62.6 Å². The van der Waals surface area contributed by atoms with E-state index < -0.39 is 16.2 Å². The zero-order valence-corrected chi connectivity index (χ0v) is 19.0. The summed E-state index contributed by atoms with van der Waals surface area (Å²) in [5.74, 6) is -0.291. The molecule has 2 aromatic heterocycles. The molecule has 0 unspecified atom stereocenters. The molecule has 0 saturated heterocycles. The maximum absolute atomic E-state index is 13.0. The van der Waals surface area contributed by atoms with Crippen molar-refractivity contribution < 1.29 is 61.1 Å². The van der Waals surface area contributed by atoms with Crippen molar-refractivity contribution in [2.75, 3.05) is 14.1 Å². The number of nitro benzene ring substituents is 1. The second-order valence-electron chi connectivity index (χ2n) is 5.78. The molecule has 0 bridgehead atoms. The van der Waals surface area contributed by atoms with Gasteiger partial charge in [0.15, 0.2) is 0 Å². The van der Waals surface area contributed by atoms with Gasteiger partial charge < -0.3 is 4.90 Å². The smallest absolute Gasteiger partial charge is 0.344 e. The van der Waals surface area contributed by atoms with E-state index in [2.05, 4.69) is 4.98 Å². The van der Waals surface area contributed by atoms with Gasteiger partial charge in [0.25, 0.3) is 17.2 Å². The molecule has 0 atom stereocenters. The SMILES string of the molecule is Cc1c(C(=O)N(C)C)sc2[nH]c(=O)n(-c3ccccc3[N+](=O)[O-])c(=O)c12.[K+]. The number of nitrogens with one attached hydrogen (secondary N) is 1. The van der Waals surface area contributed by atoms with E-state index in [0.717, 1.165) is 15.9 Å². The third kappa shape index (κ3) is 3.70. The normalized spacial score (nSPS) is 10.5. The molecule has 0 saturated carbocycles. The Morgan fingerprint density at radius 3 is 2.48 bits per heavy atom. The van der Waals surface area contributed by atoms with Crippen molar-refractivity contribution in [1.29, 1.82) is 0 Å². The first-order valence-electron chi connectivity index (χ1n) is 7.48. The quantitative estimate of drug-likeness (QED) is 0.324. The summed E-state index contributed by atoms with van der Waals surface area (Å²) in [7, 11) is 3.17. The summed E-state index contributed by atoms with van der Waals surface area (Å²) >= 11 is 1.01. The Kier molecular flexibility index (Phi) is 6.55. The van der Waals surface area contributed by atoms with Gasteiger partial charge in [0.1, 0.15) is 10.5 Å². The minimum absolute atomic E-state index is 0. The number of H-pyrrole nitrogens is 1. The maximum atomic E-state index is 13.0. The fourth-order valence-corrected chi connectivity index (χ4v) is 3.86. The number of hydrogen-bond acceptors (Lipinski definition) is 6. The van der Waals surface area contributed by atoms with E-state index in [0.29, 0.717) is 10.4 Å². The fourth-order valence-electron chi connectivity index (χ4n) is 2.65. The number of nitrogens with zero attached hydrogens (tertiary/aromatic N) is 3. The van der Waals surface area contributed by atoms with Gasteiger partial charge in [-0.25, -0.2) is 9.36 Å². The van der Waals surface area contributed by atoms with Gasteiger partial charge in [-0.1, -0.05) is 12.1 Å². The summed E-state index contributed by atoms with van der Waals surface area (Å²) < 4.78 is 0.726. The van der Waals surface area contributed by atoms with Gasteiger partial charge >= 0.3 is 57.1 Å². The van der Waals surface area contributed by atoms with Crippen LogP contribution in [0.4, 0.5) is 5.69 Å². The molecule has 1 amide bonds. The topological polar surface area (TPSA) is 118 Å². The number of thiophene rings is 1. The number of nitro groups is 1. The minimum Gasteiger partial charge on any atom is -0.344 e. The number of aromatic amines is 1. The summed E-state index contributed by atoms with van der Waals surface area (Å²) in [4.78, 5) is 52.8. The Morgan fingerprint density at radius 2 is 1.89 bits per heavy atom. The summed E-state index contributed by atoms with van der Waals surface area (Å²) in [5, 5.41) is 11.4. The molecule has 0 radical (unpaired) electrons. The van der Waals surface area contributed by atoms with Crippen molar-refractivity contribution in [3.8, 4) is 5.69 Å². The number of hydrogen-bond donors (Lipinski definition) is 1. The maximum Gasteiger partial charge on any atom is 1.00 e. The Morgan fingerprint density at radius 1 is 1.26 bits per heavy atom. The van der Waals surface area contributed by atoms with Crippen LogP contribution in [0.5, 0.6) is 0 Å². The summed E-state index contributed by atoms with van der Waals surface area (Å²) in [6, 6.07) is 5.49. The Hall–Kier alpha value is -1.63. The number of carbonyl (C=O) groups is 1. The summed E-state index contributed by atoms with van der Waals surface area (Å²) in [6.45, 7) is 1.61. The minimum atomic E-state index is -0.804. The van der Waals surface area contributed by atoms with E-state index in [-0.39, 0.29) is 78.9 Å². The first kappa shape index (κ1) is 21.7. The molecule has 9 nitrogen and oxygen atoms in total. The van der Waals surface area contributed by atoms with Gasteiger partial charge in [-0.15, -0.1) is 11.3 Å². The molecule has 134 valence electrons. The number of carbonyl (C=O) groups excluding carboxylic acids is 1. The van der Waals surface area contributed by atoms with Crippen LogP contribution >= 0.6 is 11.3 Å². The van der Waals surface area contributed by atoms with Gasteiger partial charge in [-0.05, 0) is 18.6 Å². The van der Waals surface area contributed by atoms with E-state index in [9.17, 15) is 24.5 Å². The second kappa shape index (κ2) is 8.16. The van der Waals surface area contributed by atoms with Crippen LogP contribution in [0.25, 0.3) is 15.9 Å². The molecule has 3 aromatic rings. The van der Waals surface area contributed by atoms with Crippen LogP contribution in [0.3, 0.4) is 0 Å². The van der Waals surface area contributed by atoms with E-state index >= 15 is 0 Å². The van der Waals surface area contributed by atoms with Crippen molar-refractivity contribution in [2.24, 2.45) is 0 Å². The standard InChI is InChI=1S/C16H14N4O5S.K/c1-8-11-13(26-12(8)15(22)18(2)3)17-16(23)19(14(11)21)9-6-4-5-7-10(9)20(24)25;/h4-7H,1-3H3,(H,17,23);/q;+1. The first-order valence-corrected chi connectivity index (χ1v) is 8.29. The second-order valence-corrected chi connectivity index (χ2v) is 6.80. The van der Waals surface area contributed by atoms with E-state index in [1.165, 1.54) is 29.2 Å². The van der Waals surface area contributed by atoms with Crippen LogP contribution in [0, 0.1) is 17.0 Å². The molecule has 0 aliphatic heterocycles. The molecule has 0 aliphatic carbocycles. The number of aromatic nitrogens is 2. The number of aryl methyl sites for hydroxylation is 1. The fraction of sp³-hybridized carbons (Fsp3) is 0.188. The average molecular weight is 413 g/mol. The molecule has 3 rings (SSSR count).